The van der Waals surface area contributed by atoms with Crippen molar-refractivity contribution in [2.24, 2.45) is 0 Å². The third-order valence-electron chi connectivity index (χ3n) is 5.25. The molecule has 1 saturated heterocycles. The van der Waals surface area contributed by atoms with Gasteiger partial charge >= 0.3 is 0 Å². The molecule has 2 aromatic carbocycles. The molecular weight excluding hydrogens is 428 g/mol. The van der Waals surface area contributed by atoms with Crippen LogP contribution in [-0.2, 0) is 17.9 Å². The van der Waals surface area contributed by atoms with Crippen LogP contribution < -0.4 is 5.32 Å². The number of rotatable bonds is 9. The predicted molar refractivity (Wildman–Crippen MR) is 123 cm³/mol. The molecule has 0 saturated carbocycles. The van der Waals surface area contributed by atoms with Crippen molar-refractivity contribution in [3.63, 3.8) is 0 Å². The van der Waals surface area contributed by atoms with Gasteiger partial charge in [-0.05, 0) is 37.6 Å². The van der Waals surface area contributed by atoms with E-state index in [4.69, 9.17) is 0 Å². The molecule has 2 heterocycles. The number of carbonyl (C=O) groups is 1. The number of benzene rings is 2. The number of likely N-dealkylation sites (tertiary alicyclic amines) is 1. The van der Waals surface area contributed by atoms with E-state index < -0.39 is 4.92 Å². The number of aromatic nitrogens is 3. The lowest BCUT2D eigenvalue weighted by molar-refractivity contribution is -0.383. The van der Waals surface area contributed by atoms with E-state index in [0.29, 0.717) is 11.7 Å². The van der Waals surface area contributed by atoms with Gasteiger partial charge in [0.25, 0.3) is 5.69 Å². The molecule has 0 radical (unpaired) electrons. The van der Waals surface area contributed by atoms with E-state index in [1.165, 1.54) is 36.7 Å². The fourth-order valence-corrected chi connectivity index (χ4v) is 4.42. The second kappa shape index (κ2) is 10.4. The van der Waals surface area contributed by atoms with Gasteiger partial charge in [-0.15, -0.1) is 10.2 Å². The highest BCUT2D eigenvalue weighted by atomic mass is 32.2. The first-order valence-corrected chi connectivity index (χ1v) is 11.4. The Labute approximate surface area is 190 Å². The van der Waals surface area contributed by atoms with E-state index >= 15 is 0 Å². The van der Waals surface area contributed by atoms with Gasteiger partial charge in [0, 0.05) is 6.07 Å². The van der Waals surface area contributed by atoms with Crippen LogP contribution in [0.5, 0.6) is 0 Å². The molecular formula is C22H24N6O3S. The Hall–Kier alpha value is -3.24. The summed E-state index contributed by atoms with van der Waals surface area (Å²) in [7, 11) is 0. The Morgan fingerprint density at radius 2 is 1.75 bits per heavy atom. The maximum atomic E-state index is 12.5. The zero-order valence-corrected chi connectivity index (χ0v) is 18.3. The van der Waals surface area contributed by atoms with Crippen LogP contribution in [0, 0.1) is 10.1 Å². The SMILES string of the molecule is O=C(CSc1nnc(CN2CCCC2)n1Cc1ccccc1)Nc1ccccc1[N+](=O)[O-]. The number of anilines is 1. The average Bonchev–Trinajstić information content (AvgIpc) is 3.44. The van der Waals surface area contributed by atoms with E-state index in [1.54, 1.807) is 12.1 Å². The van der Waals surface area contributed by atoms with Gasteiger partial charge in [0.2, 0.25) is 5.91 Å². The maximum Gasteiger partial charge on any atom is 0.292 e. The normalized spacial score (nSPS) is 13.9. The van der Waals surface area contributed by atoms with Gasteiger partial charge in [-0.3, -0.25) is 19.8 Å². The molecule has 10 heteroatoms. The number of hydrogen-bond donors (Lipinski definition) is 1. The topological polar surface area (TPSA) is 106 Å². The molecule has 9 nitrogen and oxygen atoms in total. The van der Waals surface area contributed by atoms with Crippen LogP contribution in [0.4, 0.5) is 11.4 Å². The Morgan fingerprint density at radius 1 is 1.03 bits per heavy atom. The number of para-hydroxylation sites is 2. The van der Waals surface area contributed by atoms with E-state index in [1.807, 2.05) is 18.2 Å². The Balaban J connectivity index is 1.47. The second-order valence-corrected chi connectivity index (χ2v) is 8.51. The summed E-state index contributed by atoms with van der Waals surface area (Å²) in [5.41, 5.74) is 1.18. The van der Waals surface area contributed by atoms with Crippen molar-refractivity contribution in [1.29, 1.82) is 0 Å². The minimum atomic E-state index is -0.510. The first-order valence-electron chi connectivity index (χ1n) is 10.4. The van der Waals surface area contributed by atoms with E-state index in [9.17, 15) is 14.9 Å². The van der Waals surface area contributed by atoms with Crippen LogP contribution in [0.2, 0.25) is 0 Å². The summed E-state index contributed by atoms with van der Waals surface area (Å²) in [5.74, 6) is 0.611. The Kier molecular flexibility index (Phi) is 7.13. The van der Waals surface area contributed by atoms with Crippen LogP contribution in [0.15, 0.2) is 59.8 Å². The largest absolute Gasteiger partial charge is 0.320 e. The molecule has 1 amide bonds. The van der Waals surface area contributed by atoms with Gasteiger partial charge in [-0.25, -0.2) is 0 Å². The standard InChI is InChI=1S/C22H24N6O3S/c29-21(23-18-10-4-5-11-19(18)28(30)31)16-32-22-25-24-20(15-26-12-6-7-13-26)27(22)14-17-8-2-1-3-9-17/h1-5,8-11H,6-7,12-16H2,(H,23,29). The summed E-state index contributed by atoms with van der Waals surface area (Å²) in [4.78, 5) is 25.5. The minimum absolute atomic E-state index is 0.0721. The molecule has 0 spiro atoms. The minimum Gasteiger partial charge on any atom is -0.320 e. The van der Waals surface area contributed by atoms with Gasteiger partial charge < -0.3 is 9.88 Å². The molecule has 1 aromatic heterocycles. The number of carbonyl (C=O) groups excluding carboxylic acids is 1. The van der Waals surface area contributed by atoms with Gasteiger partial charge in [0.05, 0.1) is 23.8 Å². The van der Waals surface area contributed by atoms with Crippen molar-refractivity contribution in [1.82, 2.24) is 19.7 Å². The van der Waals surface area contributed by atoms with Gasteiger partial charge in [0.1, 0.15) is 11.5 Å². The average molecular weight is 453 g/mol. The van der Waals surface area contributed by atoms with Crippen molar-refractivity contribution < 1.29 is 9.72 Å². The van der Waals surface area contributed by atoms with Gasteiger partial charge in [-0.1, -0.05) is 54.2 Å². The molecule has 0 bridgehead atoms. The van der Waals surface area contributed by atoms with Crippen LogP contribution in [0.3, 0.4) is 0 Å². The Bertz CT molecular complexity index is 1080. The quantitative estimate of drug-likeness (QED) is 0.301. The van der Waals surface area contributed by atoms with Crippen LogP contribution in [0.1, 0.15) is 24.2 Å². The van der Waals surface area contributed by atoms with Crippen molar-refractivity contribution >= 4 is 29.0 Å². The highest BCUT2D eigenvalue weighted by molar-refractivity contribution is 7.99. The molecule has 4 rings (SSSR count). The molecule has 32 heavy (non-hydrogen) atoms. The lowest BCUT2D eigenvalue weighted by Crippen LogP contribution is -2.22. The number of nitro benzene ring substituents is 1. The summed E-state index contributed by atoms with van der Waals surface area (Å²) in [6, 6.07) is 16.2. The summed E-state index contributed by atoms with van der Waals surface area (Å²) in [6.07, 6.45) is 2.39. The molecule has 0 unspecified atom stereocenters. The second-order valence-electron chi connectivity index (χ2n) is 7.56. The number of amides is 1. The first-order chi connectivity index (χ1) is 15.6. The number of nitrogens with one attached hydrogen (secondary N) is 1. The van der Waals surface area contributed by atoms with Crippen molar-refractivity contribution in [3.8, 4) is 0 Å². The van der Waals surface area contributed by atoms with Gasteiger partial charge in [0.15, 0.2) is 5.16 Å². The van der Waals surface area contributed by atoms with Crippen LogP contribution in [0.25, 0.3) is 0 Å². The van der Waals surface area contributed by atoms with Crippen LogP contribution >= 0.6 is 11.8 Å². The Morgan fingerprint density at radius 3 is 2.50 bits per heavy atom. The van der Waals surface area contributed by atoms with E-state index in [-0.39, 0.29) is 23.0 Å². The highest BCUT2D eigenvalue weighted by Gasteiger charge is 2.20. The number of nitrogens with zero attached hydrogens (tertiary/aromatic N) is 5. The highest BCUT2D eigenvalue weighted by Crippen LogP contribution is 2.25. The zero-order chi connectivity index (χ0) is 22.3. The summed E-state index contributed by atoms with van der Waals surface area (Å²) >= 11 is 1.28. The molecule has 166 valence electrons. The van der Waals surface area contributed by atoms with Gasteiger partial charge in [-0.2, -0.15) is 0 Å². The fourth-order valence-electron chi connectivity index (χ4n) is 3.66. The monoisotopic (exact) mass is 452 g/mol. The summed E-state index contributed by atoms with van der Waals surface area (Å²) < 4.78 is 2.05. The first kappa shape index (κ1) is 22.0. The summed E-state index contributed by atoms with van der Waals surface area (Å²) in [5, 5.41) is 23.2. The lowest BCUT2D eigenvalue weighted by Gasteiger charge is -2.16. The predicted octanol–water partition coefficient (Wildman–Crippen LogP) is 3.56. The molecule has 1 aliphatic rings. The maximum absolute atomic E-state index is 12.5. The van der Waals surface area contributed by atoms with E-state index in [2.05, 4.69) is 37.1 Å². The van der Waals surface area contributed by atoms with Crippen molar-refractivity contribution in [3.05, 3.63) is 76.1 Å². The molecule has 1 aliphatic heterocycles. The third-order valence-corrected chi connectivity index (χ3v) is 6.21. The van der Waals surface area contributed by atoms with Crippen molar-refractivity contribution in [2.45, 2.75) is 31.1 Å². The van der Waals surface area contributed by atoms with E-state index in [0.717, 1.165) is 31.0 Å². The zero-order valence-electron chi connectivity index (χ0n) is 17.5. The number of hydrogen-bond acceptors (Lipinski definition) is 7. The number of thioether (sulfide) groups is 1. The molecule has 0 aliphatic carbocycles. The molecule has 1 N–H and O–H groups in total. The molecule has 0 atom stereocenters. The molecule has 3 aromatic rings. The van der Waals surface area contributed by atoms with Crippen molar-refractivity contribution in [2.75, 3.05) is 24.2 Å². The third kappa shape index (κ3) is 5.51. The lowest BCUT2D eigenvalue weighted by atomic mass is 10.2. The number of nitro groups is 1. The smallest absolute Gasteiger partial charge is 0.292 e. The fraction of sp³-hybridized carbons (Fsp3) is 0.318. The van der Waals surface area contributed by atoms with Crippen LogP contribution in [-0.4, -0.2) is 49.3 Å². The summed E-state index contributed by atoms with van der Waals surface area (Å²) in [6.45, 7) is 3.45. The molecule has 1 fully saturated rings.